The van der Waals surface area contributed by atoms with Crippen molar-refractivity contribution in [3.8, 4) is 0 Å². The molecular formula is C25H26N2S. The van der Waals surface area contributed by atoms with E-state index in [1.165, 1.54) is 48.0 Å². The van der Waals surface area contributed by atoms with Gasteiger partial charge in [0, 0.05) is 30.2 Å². The Morgan fingerprint density at radius 3 is 2.39 bits per heavy atom. The molecule has 1 aliphatic rings. The van der Waals surface area contributed by atoms with E-state index in [9.17, 15) is 0 Å². The van der Waals surface area contributed by atoms with Gasteiger partial charge < -0.3 is 4.57 Å². The van der Waals surface area contributed by atoms with Crippen molar-refractivity contribution >= 4 is 22.2 Å². The monoisotopic (exact) mass is 386 g/mol. The molecule has 0 radical (unpaired) electrons. The van der Waals surface area contributed by atoms with Gasteiger partial charge in [-0.25, -0.2) is 0 Å². The molecule has 5 rings (SSSR count). The first-order valence-corrected chi connectivity index (χ1v) is 11.2. The summed E-state index contributed by atoms with van der Waals surface area (Å²) < 4.78 is 2.45. The minimum absolute atomic E-state index is 0.667. The third kappa shape index (κ3) is 3.65. The molecule has 3 heterocycles. The average molecular weight is 387 g/mol. The van der Waals surface area contributed by atoms with Crippen LogP contribution in [0.1, 0.15) is 35.4 Å². The van der Waals surface area contributed by atoms with Crippen molar-refractivity contribution in [1.29, 1.82) is 0 Å². The van der Waals surface area contributed by atoms with Crippen LogP contribution in [0.2, 0.25) is 0 Å². The molecule has 2 aromatic carbocycles. The fourth-order valence-electron chi connectivity index (χ4n) is 4.55. The average Bonchev–Trinajstić information content (AvgIpc) is 3.38. The lowest BCUT2D eigenvalue weighted by atomic mass is 9.89. The van der Waals surface area contributed by atoms with Gasteiger partial charge in [-0.3, -0.25) is 4.90 Å². The van der Waals surface area contributed by atoms with Crippen molar-refractivity contribution in [1.82, 2.24) is 9.47 Å². The highest BCUT2D eigenvalue weighted by atomic mass is 32.1. The predicted octanol–water partition coefficient (Wildman–Crippen LogP) is 6.13. The second-order valence-electron chi connectivity index (χ2n) is 7.90. The van der Waals surface area contributed by atoms with Gasteiger partial charge in [0.05, 0.1) is 0 Å². The van der Waals surface area contributed by atoms with E-state index in [1.54, 1.807) is 16.9 Å². The fourth-order valence-corrected chi connectivity index (χ4v) is 5.21. The molecule has 1 fully saturated rings. The summed E-state index contributed by atoms with van der Waals surface area (Å²) in [4.78, 5) is 2.61. The van der Waals surface area contributed by atoms with Crippen LogP contribution < -0.4 is 0 Å². The number of aromatic nitrogens is 1. The maximum absolute atomic E-state index is 2.61. The molecule has 0 aliphatic carbocycles. The first-order valence-electron chi connectivity index (χ1n) is 10.2. The summed E-state index contributed by atoms with van der Waals surface area (Å²) in [5.41, 5.74) is 5.74. The molecule has 0 saturated carbocycles. The number of thiophene rings is 1. The summed E-state index contributed by atoms with van der Waals surface area (Å²) in [5, 5.41) is 5.88. The van der Waals surface area contributed by atoms with Gasteiger partial charge in [0.2, 0.25) is 0 Å². The summed E-state index contributed by atoms with van der Waals surface area (Å²) in [6.45, 7) is 4.41. The van der Waals surface area contributed by atoms with Crippen molar-refractivity contribution in [3.05, 3.63) is 94.3 Å². The second-order valence-corrected chi connectivity index (χ2v) is 8.68. The van der Waals surface area contributed by atoms with Crippen LogP contribution in [0.15, 0.2) is 77.6 Å². The van der Waals surface area contributed by atoms with Crippen molar-refractivity contribution in [2.45, 2.75) is 31.8 Å². The maximum Gasteiger partial charge on any atom is 0.0486 e. The Morgan fingerprint density at radius 1 is 0.821 bits per heavy atom. The van der Waals surface area contributed by atoms with Gasteiger partial charge in [0.15, 0.2) is 0 Å². The van der Waals surface area contributed by atoms with Crippen molar-refractivity contribution in [2.24, 2.45) is 0 Å². The first-order chi connectivity index (χ1) is 13.9. The van der Waals surface area contributed by atoms with E-state index in [2.05, 4.69) is 87.1 Å². The van der Waals surface area contributed by atoms with Crippen molar-refractivity contribution < 1.29 is 0 Å². The van der Waals surface area contributed by atoms with Crippen LogP contribution in [-0.4, -0.2) is 22.6 Å². The number of hydrogen-bond donors (Lipinski definition) is 0. The standard InChI is InChI=1S/C25H26N2S/c1-2-6-20(7-3-1)16-26-13-10-22(11-14-26)24-18-27(17-21-12-15-28-19-21)25-9-5-4-8-23(24)25/h1-9,12,15,18-19,22H,10-11,13-14,16-17H2. The Kier molecular flexibility index (Phi) is 5.03. The number of piperidine rings is 1. The first kappa shape index (κ1) is 17.7. The molecule has 2 aromatic heterocycles. The van der Waals surface area contributed by atoms with E-state index in [1.807, 2.05) is 0 Å². The van der Waals surface area contributed by atoms with Crippen molar-refractivity contribution in [3.63, 3.8) is 0 Å². The van der Waals surface area contributed by atoms with Gasteiger partial charge in [-0.1, -0.05) is 48.5 Å². The lowest BCUT2D eigenvalue weighted by Crippen LogP contribution is -2.32. The zero-order valence-corrected chi connectivity index (χ0v) is 16.9. The lowest BCUT2D eigenvalue weighted by Gasteiger charge is -2.32. The summed E-state index contributed by atoms with van der Waals surface area (Å²) >= 11 is 1.78. The van der Waals surface area contributed by atoms with Gasteiger partial charge >= 0.3 is 0 Å². The van der Waals surface area contributed by atoms with Crippen LogP contribution >= 0.6 is 11.3 Å². The summed E-state index contributed by atoms with van der Waals surface area (Å²) in [7, 11) is 0. The Hall–Kier alpha value is -2.36. The zero-order chi connectivity index (χ0) is 18.8. The normalized spacial score (nSPS) is 16.0. The molecule has 2 nitrogen and oxygen atoms in total. The minimum Gasteiger partial charge on any atom is -0.343 e. The molecule has 142 valence electrons. The Labute approximate surface area is 171 Å². The van der Waals surface area contributed by atoms with Gasteiger partial charge in [-0.05, 0) is 71.4 Å². The van der Waals surface area contributed by atoms with E-state index >= 15 is 0 Å². The van der Waals surface area contributed by atoms with E-state index in [0.29, 0.717) is 5.92 Å². The van der Waals surface area contributed by atoms with Gasteiger partial charge in [0.1, 0.15) is 0 Å². The number of likely N-dealkylation sites (tertiary alicyclic amines) is 1. The highest BCUT2D eigenvalue weighted by molar-refractivity contribution is 7.07. The molecule has 0 N–H and O–H groups in total. The molecule has 0 atom stereocenters. The topological polar surface area (TPSA) is 8.17 Å². The number of para-hydroxylation sites is 1. The van der Waals surface area contributed by atoms with Gasteiger partial charge in [-0.2, -0.15) is 11.3 Å². The Bertz CT molecular complexity index is 1030. The van der Waals surface area contributed by atoms with E-state index < -0.39 is 0 Å². The number of benzene rings is 2. The molecule has 0 amide bonds. The number of fused-ring (bicyclic) bond motifs is 1. The van der Waals surface area contributed by atoms with Crippen LogP contribution in [0, 0.1) is 0 Å². The summed E-state index contributed by atoms with van der Waals surface area (Å²) in [6, 6.07) is 22.0. The molecule has 1 saturated heterocycles. The van der Waals surface area contributed by atoms with Crippen LogP contribution in [0.3, 0.4) is 0 Å². The highest BCUT2D eigenvalue weighted by Crippen LogP contribution is 2.35. The lowest BCUT2D eigenvalue weighted by molar-refractivity contribution is 0.205. The smallest absolute Gasteiger partial charge is 0.0486 e. The third-order valence-electron chi connectivity index (χ3n) is 6.03. The SMILES string of the molecule is c1ccc(CN2CCC(c3cn(Cc4ccsc4)c4ccccc34)CC2)cc1. The fraction of sp³-hybridized carbons (Fsp3) is 0.280. The molecule has 28 heavy (non-hydrogen) atoms. The Morgan fingerprint density at radius 2 is 1.61 bits per heavy atom. The molecule has 1 aliphatic heterocycles. The van der Waals surface area contributed by atoms with E-state index in [-0.39, 0.29) is 0 Å². The van der Waals surface area contributed by atoms with Crippen LogP contribution in [0.4, 0.5) is 0 Å². The molecule has 0 spiro atoms. The quantitative estimate of drug-likeness (QED) is 0.400. The van der Waals surface area contributed by atoms with Crippen LogP contribution in [-0.2, 0) is 13.1 Å². The van der Waals surface area contributed by atoms with E-state index in [4.69, 9.17) is 0 Å². The van der Waals surface area contributed by atoms with Gasteiger partial charge in [-0.15, -0.1) is 0 Å². The predicted molar refractivity (Wildman–Crippen MR) is 119 cm³/mol. The second kappa shape index (κ2) is 7.94. The largest absolute Gasteiger partial charge is 0.343 e. The Balaban J connectivity index is 1.34. The van der Waals surface area contributed by atoms with Crippen LogP contribution in [0.25, 0.3) is 10.9 Å². The van der Waals surface area contributed by atoms with Crippen molar-refractivity contribution in [2.75, 3.05) is 13.1 Å². The number of rotatable bonds is 5. The number of nitrogens with zero attached hydrogens (tertiary/aromatic N) is 2. The molecule has 0 unspecified atom stereocenters. The zero-order valence-electron chi connectivity index (χ0n) is 16.1. The maximum atomic E-state index is 2.61. The van der Waals surface area contributed by atoms with Crippen LogP contribution in [0.5, 0.6) is 0 Å². The molecule has 0 bridgehead atoms. The summed E-state index contributed by atoms with van der Waals surface area (Å²) in [5.74, 6) is 0.667. The van der Waals surface area contributed by atoms with E-state index in [0.717, 1.165) is 13.1 Å². The third-order valence-corrected chi connectivity index (χ3v) is 6.76. The number of hydrogen-bond acceptors (Lipinski definition) is 2. The molecule has 3 heteroatoms. The van der Waals surface area contributed by atoms with Gasteiger partial charge in [0.25, 0.3) is 0 Å². The summed E-state index contributed by atoms with van der Waals surface area (Å²) in [6.07, 6.45) is 4.93. The molecular weight excluding hydrogens is 360 g/mol. The highest BCUT2D eigenvalue weighted by Gasteiger charge is 2.23. The molecule has 4 aromatic rings. The minimum atomic E-state index is 0.667.